The molecule has 0 saturated heterocycles. The SMILES string of the molecule is CC(C)C(=O)OCC[N+](C)(C)CCC(=O)[O-]. The number of quaternary nitrogens is 1. The maximum Gasteiger partial charge on any atom is 0.308 e. The van der Waals surface area contributed by atoms with Gasteiger partial charge >= 0.3 is 5.97 Å². The van der Waals surface area contributed by atoms with Gasteiger partial charge in [0.25, 0.3) is 0 Å². The van der Waals surface area contributed by atoms with E-state index in [2.05, 4.69) is 0 Å². The fraction of sp³-hybridized carbons (Fsp3) is 0.818. The van der Waals surface area contributed by atoms with Crippen LogP contribution in [0.2, 0.25) is 0 Å². The van der Waals surface area contributed by atoms with Crippen molar-refractivity contribution in [2.45, 2.75) is 20.3 Å². The lowest BCUT2D eigenvalue weighted by molar-refractivity contribution is -0.890. The highest BCUT2D eigenvalue weighted by molar-refractivity contribution is 5.71. The second kappa shape index (κ2) is 6.48. The van der Waals surface area contributed by atoms with Crippen molar-refractivity contribution >= 4 is 11.9 Å². The molecule has 94 valence electrons. The summed E-state index contributed by atoms with van der Waals surface area (Å²) < 4.78 is 5.53. The number of esters is 1. The van der Waals surface area contributed by atoms with Gasteiger partial charge in [-0.1, -0.05) is 13.8 Å². The molecule has 0 saturated carbocycles. The molecule has 0 unspecified atom stereocenters. The number of aliphatic carboxylic acids is 1. The Hall–Kier alpha value is -1.10. The number of nitrogens with zero attached hydrogens (tertiary/aromatic N) is 1. The highest BCUT2D eigenvalue weighted by Crippen LogP contribution is 2.01. The van der Waals surface area contributed by atoms with Crippen molar-refractivity contribution in [3.05, 3.63) is 0 Å². The van der Waals surface area contributed by atoms with Gasteiger partial charge in [-0.2, -0.15) is 0 Å². The van der Waals surface area contributed by atoms with Crippen molar-refractivity contribution in [3.8, 4) is 0 Å². The van der Waals surface area contributed by atoms with Crippen molar-refractivity contribution in [2.24, 2.45) is 5.92 Å². The van der Waals surface area contributed by atoms with Crippen molar-refractivity contribution in [2.75, 3.05) is 33.8 Å². The lowest BCUT2D eigenvalue weighted by Gasteiger charge is -2.29. The molecule has 0 aliphatic carbocycles. The zero-order valence-electron chi connectivity index (χ0n) is 10.5. The van der Waals surface area contributed by atoms with E-state index in [9.17, 15) is 14.7 Å². The van der Waals surface area contributed by atoms with E-state index < -0.39 is 5.97 Å². The molecule has 16 heavy (non-hydrogen) atoms. The Labute approximate surface area is 96.6 Å². The summed E-state index contributed by atoms with van der Waals surface area (Å²) in [6, 6.07) is 0. The van der Waals surface area contributed by atoms with Gasteiger partial charge in [0.05, 0.1) is 26.6 Å². The molecule has 0 radical (unpaired) electrons. The minimum Gasteiger partial charge on any atom is -0.550 e. The van der Waals surface area contributed by atoms with Gasteiger partial charge < -0.3 is 19.1 Å². The summed E-state index contributed by atoms with van der Waals surface area (Å²) in [5.41, 5.74) is 0. The zero-order chi connectivity index (χ0) is 12.8. The van der Waals surface area contributed by atoms with E-state index in [-0.39, 0.29) is 18.3 Å². The molecule has 5 heteroatoms. The molecule has 0 aliphatic heterocycles. The summed E-state index contributed by atoms with van der Waals surface area (Å²) in [6.07, 6.45) is 0.0190. The van der Waals surface area contributed by atoms with Crippen molar-refractivity contribution < 1.29 is 23.9 Å². The van der Waals surface area contributed by atoms with Gasteiger partial charge in [0.15, 0.2) is 0 Å². The lowest BCUT2D eigenvalue weighted by Crippen LogP contribution is -2.45. The average Bonchev–Trinajstić information content (AvgIpc) is 2.14. The Kier molecular flexibility index (Phi) is 6.03. The van der Waals surface area contributed by atoms with Crippen molar-refractivity contribution in [1.29, 1.82) is 0 Å². The van der Waals surface area contributed by atoms with Gasteiger partial charge in [0.1, 0.15) is 13.2 Å². The van der Waals surface area contributed by atoms with Crippen LogP contribution in [0.3, 0.4) is 0 Å². The summed E-state index contributed by atoms with van der Waals surface area (Å²) in [4.78, 5) is 21.5. The van der Waals surface area contributed by atoms with Crippen LogP contribution in [0.25, 0.3) is 0 Å². The molecule has 0 aliphatic rings. The molecule has 0 atom stereocenters. The molecule has 0 aromatic carbocycles. The molecule has 0 aromatic rings. The van der Waals surface area contributed by atoms with Gasteiger partial charge in [-0.05, 0) is 0 Å². The minimum absolute atomic E-state index is 0.0190. The van der Waals surface area contributed by atoms with Gasteiger partial charge in [-0.25, -0.2) is 0 Å². The third-order valence-corrected chi connectivity index (χ3v) is 2.33. The molecular formula is C11H21NO4. The Morgan fingerprint density at radius 3 is 2.25 bits per heavy atom. The largest absolute Gasteiger partial charge is 0.550 e. The first-order valence-corrected chi connectivity index (χ1v) is 5.43. The van der Waals surface area contributed by atoms with E-state index in [0.717, 1.165) is 0 Å². The van der Waals surface area contributed by atoms with E-state index in [1.807, 2.05) is 14.1 Å². The number of carboxylic acid groups (broad SMARTS) is 1. The first kappa shape index (κ1) is 14.9. The summed E-state index contributed by atoms with van der Waals surface area (Å²) in [7, 11) is 3.79. The van der Waals surface area contributed by atoms with Gasteiger partial charge in [-0.3, -0.25) is 4.79 Å². The van der Waals surface area contributed by atoms with Crippen LogP contribution in [0.15, 0.2) is 0 Å². The summed E-state index contributed by atoms with van der Waals surface area (Å²) >= 11 is 0. The topological polar surface area (TPSA) is 66.4 Å². The lowest BCUT2D eigenvalue weighted by atomic mass is 10.2. The van der Waals surface area contributed by atoms with E-state index in [4.69, 9.17) is 4.74 Å². The third kappa shape index (κ3) is 7.23. The second-order valence-electron chi connectivity index (χ2n) is 4.83. The van der Waals surface area contributed by atoms with Crippen LogP contribution < -0.4 is 5.11 Å². The standard InChI is InChI=1S/C11H21NO4/c1-9(2)11(15)16-8-7-12(3,4)6-5-10(13)14/h9H,5-8H2,1-4H3. The predicted molar refractivity (Wildman–Crippen MR) is 57.3 cm³/mol. The van der Waals surface area contributed by atoms with Crippen LogP contribution in [0.5, 0.6) is 0 Å². The molecule has 0 heterocycles. The molecular weight excluding hydrogens is 210 g/mol. The molecule has 0 aromatic heterocycles. The molecule has 0 N–H and O–H groups in total. The maximum absolute atomic E-state index is 11.2. The van der Waals surface area contributed by atoms with Crippen LogP contribution in [-0.4, -0.2) is 50.2 Å². The molecule has 5 nitrogen and oxygen atoms in total. The Morgan fingerprint density at radius 1 is 1.25 bits per heavy atom. The number of hydrogen-bond acceptors (Lipinski definition) is 4. The van der Waals surface area contributed by atoms with Gasteiger partial charge in [-0.15, -0.1) is 0 Å². The monoisotopic (exact) mass is 231 g/mol. The minimum atomic E-state index is -1.05. The maximum atomic E-state index is 11.2. The normalized spacial score (nSPS) is 11.6. The van der Waals surface area contributed by atoms with E-state index in [1.54, 1.807) is 13.8 Å². The highest BCUT2D eigenvalue weighted by atomic mass is 16.5. The summed E-state index contributed by atoms with van der Waals surface area (Å²) in [5.74, 6) is -1.40. The van der Waals surface area contributed by atoms with Gasteiger partial charge in [0, 0.05) is 12.4 Å². The molecule has 0 spiro atoms. The van der Waals surface area contributed by atoms with Crippen molar-refractivity contribution in [3.63, 3.8) is 0 Å². The van der Waals surface area contributed by atoms with E-state index in [1.165, 1.54) is 0 Å². The van der Waals surface area contributed by atoms with Crippen LogP contribution in [-0.2, 0) is 14.3 Å². The number of carbonyl (C=O) groups is 2. The third-order valence-electron chi connectivity index (χ3n) is 2.33. The fourth-order valence-corrected chi connectivity index (χ4v) is 1.07. The van der Waals surface area contributed by atoms with E-state index in [0.29, 0.717) is 24.2 Å². The second-order valence-corrected chi connectivity index (χ2v) is 4.83. The number of carboxylic acids is 1. The number of carbonyl (C=O) groups excluding carboxylic acids is 2. The van der Waals surface area contributed by atoms with Crippen LogP contribution in [0.4, 0.5) is 0 Å². The Morgan fingerprint density at radius 2 is 1.81 bits per heavy atom. The molecule has 0 bridgehead atoms. The van der Waals surface area contributed by atoms with Crippen LogP contribution >= 0.6 is 0 Å². The van der Waals surface area contributed by atoms with Crippen molar-refractivity contribution in [1.82, 2.24) is 0 Å². The first-order valence-electron chi connectivity index (χ1n) is 5.43. The van der Waals surface area contributed by atoms with Gasteiger partial charge in [0.2, 0.25) is 0 Å². The first-order chi connectivity index (χ1) is 7.24. The number of rotatable bonds is 7. The quantitative estimate of drug-likeness (QED) is 0.433. The smallest absolute Gasteiger partial charge is 0.308 e. The molecule has 0 amide bonds. The highest BCUT2D eigenvalue weighted by Gasteiger charge is 2.16. The Balaban J connectivity index is 3.81. The fourth-order valence-electron chi connectivity index (χ4n) is 1.07. The van der Waals surface area contributed by atoms with Crippen LogP contribution in [0.1, 0.15) is 20.3 Å². The molecule has 0 fully saturated rings. The molecule has 0 rings (SSSR count). The van der Waals surface area contributed by atoms with E-state index >= 15 is 0 Å². The number of hydrogen-bond donors (Lipinski definition) is 0. The number of ether oxygens (including phenoxy) is 1. The summed E-state index contributed by atoms with van der Waals surface area (Å²) in [5, 5.41) is 10.3. The summed E-state index contributed by atoms with van der Waals surface area (Å²) in [6.45, 7) is 4.95. The number of likely N-dealkylation sites (N-methyl/N-ethyl adjacent to an activating group) is 1. The predicted octanol–water partition coefficient (Wildman–Crippen LogP) is -0.598. The average molecular weight is 231 g/mol. The van der Waals surface area contributed by atoms with Crippen LogP contribution in [0, 0.1) is 5.92 Å². The zero-order valence-corrected chi connectivity index (χ0v) is 10.5. The Bertz CT molecular complexity index is 248.